The van der Waals surface area contributed by atoms with Crippen LogP contribution in [0.25, 0.3) is 5.65 Å². The maximum Gasteiger partial charge on any atom is 0.259 e. The van der Waals surface area contributed by atoms with Gasteiger partial charge in [-0.25, -0.2) is 9.50 Å². The maximum absolute atomic E-state index is 13.1. The van der Waals surface area contributed by atoms with Crippen LogP contribution in [0.15, 0.2) is 22.9 Å². The molecule has 1 amide bonds. The van der Waals surface area contributed by atoms with Crippen LogP contribution in [0.1, 0.15) is 52.1 Å². The molecule has 0 spiro atoms. The van der Waals surface area contributed by atoms with Gasteiger partial charge >= 0.3 is 0 Å². The summed E-state index contributed by atoms with van der Waals surface area (Å²) in [6.07, 6.45) is 3.43. The highest BCUT2D eigenvalue weighted by atomic mass is 16.5. The van der Waals surface area contributed by atoms with Crippen LogP contribution in [0.2, 0.25) is 0 Å². The first-order valence-electron chi connectivity index (χ1n) is 8.11. The van der Waals surface area contributed by atoms with Crippen LogP contribution in [0, 0.1) is 20.8 Å². The molecule has 0 N–H and O–H groups in total. The van der Waals surface area contributed by atoms with Crippen molar-refractivity contribution in [3.8, 4) is 0 Å². The van der Waals surface area contributed by atoms with Crippen LogP contribution in [0.3, 0.4) is 0 Å². The second-order valence-corrected chi connectivity index (χ2v) is 6.36. The average molecular weight is 325 g/mol. The Labute approximate surface area is 139 Å². The molecule has 1 aliphatic heterocycles. The Bertz CT molecular complexity index is 926. The van der Waals surface area contributed by atoms with Gasteiger partial charge in [0.15, 0.2) is 11.4 Å². The molecule has 0 aromatic carbocycles. The van der Waals surface area contributed by atoms with Crippen LogP contribution >= 0.6 is 0 Å². The van der Waals surface area contributed by atoms with E-state index in [1.165, 1.54) is 0 Å². The molecule has 1 saturated heterocycles. The van der Waals surface area contributed by atoms with Crippen molar-refractivity contribution in [2.24, 2.45) is 0 Å². The number of amides is 1. The van der Waals surface area contributed by atoms with Crippen LogP contribution in [-0.4, -0.2) is 37.1 Å². The zero-order valence-corrected chi connectivity index (χ0v) is 14.0. The molecule has 0 radical (unpaired) electrons. The number of likely N-dealkylation sites (tertiary alicyclic amines) is 1. The number of carbonyl (C=O) groups excluding carboxylic acids is 1. The molecular formula is C17H19N5O2. The first-order valence-corrected chi connectivity index (χ1v) is 8.11. The number of aromatic nitrogens is 4. The third-order valence-electron chi connectivity index (χ3n) is 4.50. The Kier molecular flexibility index (Phi) is 3.37. The number of nitrogens with zero attached hydrogens (tertiary/aromatic N) is 5. The number of fused-ring (bicyclic) bond motifs is 1. The number of aryl methyl sites for hydroxylation is 3. The van der Waals surface area contributed by atoms with Gasteiger partial charge in [-0.1, -0.05) is 5.16 Å². The Balaban J connectivity index is 1.73. The number of hydrogen-bond acceptors (Lipinski definition) is 5. The first kappa shape index (κ1) is 14.9. The summed E-state index contributed by atoms with van der Waals surface area (Å²) in [5.41, 5.74) is 3.80. The fourth-order valence-corrected chi connectivity index (χ4v) is 3.42. The smallest absolute Gasteiger partial charge is 0.259 e. The van der Waals surface area contributed by atoms with E-state index in [1.807, 2.05) is 37.8 Å². The average Bonchev–Trinajstić information content (AvgIpc) is 3.24. The SMILES string of the molecule is Cc1cc([C@H]2CCCN2C(=O)c2cnn3c(C)cc(C)nc23)on1. The topological polar surface area (TPSA) is 76.5 Å². The van der Waals surface area contributed by atoms with Gasteiger partial charge in [-0.2, -0.15) is 5.10 Å². The molecule has 7 heteroatoms. The molecule has 7 nitrogen and oxygen atoms in total. The van der Waals surface area contributed by atoms with Gasteiger partial charge in [0.25, 0.3) is 5.91 Å². The van der Waals surface area contributed by atoms with Crippen LogP contribution in [0.4, 0.5) is 0 Å². The molecule has 1 fully saturated rings. The van der Waals surface area contributed by atoms with Gasteiger partial charge in [-0.05, 0) is 39.7 Å². The second kappa shape index (κ2) is 5.43. The fraction of sp³-hybridized carbons (Fsp3) is 0.412. The molecule has 124 valence electrons. The Morgan fingerprint density at radius 1 is 1.25 bits per heavy atom. The van der Waals surface area contributed by atoms with Crippen molar-refractivity contribution in [2.75, 3.05) is 6.54 Å². The van der Waals surface area contributed by atoms with E-state index in [-0.39, 0.29) is 11.9 Å². The van der Waals surface area contributed by atoms with Gasteiger partial charge in [0.05, 0.1) is 17.9 Å². The minimum Gasteiger partial charge on any atom is -0.359 e. The zero-order valence-electron chi connectivity index (χ0n) is 14.0. The molecule has 4 rings (SSSR count). The van der Waals surface area contributed by atoms with Crippen molar-refractivity contribution in [3.63, 3.8) is 0 Å². The number of hydrogen-bond donors (Lipinski definition) is 0. The van der Waals surface area contributed by atoms with Crippen molar-refractivity contribution in [1.29, 1.82) is 0 Å². The van der Waals surface area contributed by atoms with Crippen molar-refractivity contribution in [2.45, 2.75) is 39.7 Å². The van der Waals surface area contributed by atoms with E-state index in [0.29, 0.717) is 17.8 Å². The largest absolute Gasteiger partial charge is 0.359 e. The van der Waals surface area contributed by atoms with Crippen molar-refractivity contribution < 1.29 is 9.32 Å². The number of carbonyl (C=O) groups is 1. The van der Waals surface area contributed by atoms with Crippen LogP contribution in [-0.2, 0) is 0 Å². The zero-order chi connectivity index (χ0) is 16.8. The fourth-order valence-electron chi connectivity index (χ4n) is 3.42. The maximum atomic E-state index is 13.1. The van der Waals surface area contributed by atoms with Crippen molar-refractivity contribution in [1.82, 2.24) is 24.7 Å². The van der Waals surface area contributed by atoms with Gasteiger partial charge in [-0.15, -0.1) is 0 Å². The molecule has 0 aliphatic carbocycles. The Hall–Kier alpha value is -2.70. The predicted molar refractivity (Wildman–Crippen MR) is 86.7 cm³/mol. The summed E-state index contributed by atoms with van der Waals surface area (Å²) >= 11 is 0. The lowest BCUT2D eigenvalue weighted by Gasteiger charge is -2.22. The summed E-state index contributed by atoms with van der Waals surface area (Å²) in [5.74, 6) is 0.689. The molecule has 3 aromatic heterocycles. The van der Waals surface area contributed by atoms with E-state index < -0.39 is 0 Å². The summed E-state index contributed by atoms with van der Waals surface area (Å²) in [5, 5.41) is 8.27. The molecular weight excluding hydrogens is 306 g/mol. The van der Waals surface area contributed by atoms with E-state index in [2.05, 4.69) is 15.2 Å². The van der Waals surface area contributed by atoms with Gasteiger partial charge in [-0.3, -0.25) is 4.79 Å². The number of rotatable bonds is 2. The van der Waals surface area contributed by atoms with Gasteiger partial charge in [0.1, 0.15) is 5.56 Å². The second-order valence-electron chi connectivity index (χ2n) is 6.36. The highest BCUT2D eigenvalue weighted by Crippen LogP contribution is 2.33. The van der Waals surface area contributed by atoms with E-state index in [0.717, 1.165) is 35.7 Å². The third kappa shape index (κ3) is 2.28. The van der Waals surface area contributed by atoms with Crippen LogP contribution < -0.4 is 0 Å². The summed E-state index contributed by atoms with van der Waals surface area (Å²) in [7, 11) is 0. The van der Waals surface area contributed by atoms with Crippen LogP contribution in [0.5, 0.6) is 0 Å². The Morgan fingerprint density at radius 3 is 2.83 bits per heavy atom. The van der Waals surface area contributed by atoms with E-state index in [9.17, 15) is 4.79 Å². The molecule has 24 heavy (non-hydrogen) atoms. The lowest BCUT2D eigenvalue weighted by Crippen LogP contribution is -2.30. The van der Waals surface area contributed by atoms with E-state index in [4.69, 9.17) is 4.52 Å². The summed E-state index contributed by atoms with van der Waals surface area (Å²) in [6.45, 7) is 6.46. The van der Waals surface area contributed by atoms with E-state index >= 15 is 0 Å². The molecule has 3 aromatic rings. The molecule has 4 heterocycles. The van der Waals surface area contributed by atoms with Crippen molar-refractivity contribution >= 4 is 11.6 Å². The summed E-state index contributed by atoms with van der Waals surface area (Å²) in [6, 6.07) is 3.78. The lowest BCUT2D eigenvalue weighted by atomic mass is 10.1. The predicted octanol–water partition coefficient (Wildman–Crippen LogP) is 2.62. The van der Waals surface area contributed by atoms with E-state index in [1.54, 1.807) is 10.7 Å². The molecule has 1 aliphatic rings. The summed E-state index contributed by atoms with van der Waals surface area (Å²) in [4.78, 5) is 19.5. The third-order valence-corrected chi connectivity index (χ3v) is 4.50. The normalized spacial score (nSPS) is 17.8. The van der Waals surface area contributed by atoms with Gasteiger partial charge < -0.3 is 9.42 Å². The quantitative estimate of drug-likeness (QED) is 0.724. The highest BCUT2D eigenvalue weighted by molar-refractivity contribution is 6.00. The molecule has 1 atom stereocenters. The van der Waals surface area contributed by atoms with Gasteiger partial charge in [0, 0.05) is 24.0 Å². The molecule has 0 saturated carbocycles. The standard InChI is InChI=1S/C17H19N5O2/c1-10-7-12(3)22-16(19-10)13(9-18-22)17(23)21-6-4-5-14(21)15-8-11(2)20-24-15/h7-9,14H,4-6H2,1-3H3/t14-/m1/s1. The minimum atomic E-state index is -0.0699. The summed E-state index contributed by atoms with van der Waals surface area (Å²) < 4.78 is 7.10. The lowest BCUT2D eigenvalue weighted by molar-refractivity contribution is 0.0716. The van der Waals surface area contributed by atoms with Crippen molar-refractivity contribution in [3.05, 3.63) is 46.7 Å². The highest BCUT2D eigenvalue weighted by Gasteiger charge is 2.34. The monoisotopic (exact) mass is 325 g/mol. The van der Waals surface area contributed by atoms with Gasteiger partial charge in [0.2, 0.25) is 0 Å². The molecule has 0 unspecified atom stereocenters. The minimum absolute atomic E-state index is 0.0564. The Morgan fingerprint density at radius 2 is 2.08 bits per heavy atom. The molecule has 0 bridgehead atoms. The first-order chi connectivity index (χ1) is 11.5.